The summed E-state index contributed by atoms with van der Waals surface area (Å²) in [7, 11) is 0. The van der Waals surface area contributed by atoms with E-state index in [-0.39, 0.29) is 41.7 Å². The van der Waals surface area contributed by atoms with Crippen LogP contribution in [0.1, 0.15) is 20.7 Å². The molecule has 38 heavy (non-hydrogen) atoms. The fourth-order valence-corrected chi connectivity index (χ4v) is 3.56. The number of carbonyl (C=O) groups is 2. The molecule has 0 spiro atoms. The monoisotopic (exact) mass is 579 g/mol. The molecule has 0 aliphatic carbocycles. The second kappa shape index (κ2) is 13.7. The molecule has 3 N–H and O–H groups in total. The van der Waals surface area contributed by atoms with Crippen molar-refractivity contribution in [2.45, 2.75) is 13.1 Å². The van der Waals surface area contributed by atoms with E-state index < -0.39 is 11.9 Å². The Bertz CT molecular complexity index is 1500. The van der Waals surface area contributed by atoms with Crippen LogP contribution in [0.4, 0.5) is 5.95 Å². The second-order valence-corrected chi connectivity index (χ2v) is 7.92. The number of halogens is 1. The van der Waals surface area contributed by atoms with E-state index in [9.17, 15) is 14.4 Å². The topological polar surface area (TPSA) is 133 Å². The molecule has 2 heterocycles. The van der Waals surface area contributed by atoms with Crippen molar-refractivity contribution in [1.29, 1.82) is 0 Å². The molecule has 4 aromatic rings. The molecular formula is C27H26BrN5O5. The van der Waals surface area contributed by atoms with Gasteiger partial charge in [-0.15, -0.1) is 0 Å². The maximum Gasteiger partial charge on any atom is 0.338 e. The lowest BCUT2D eigenvalue weighted by Crippen LogP contribution is -3.00. The van der Waals surface area contributed by atoms with Crippen LogP contribution in [0.2, 0.25) is 0 Å². The lowest BCUT2D eigenvalue weighted by atomic mass is 10.2. The Morgan fingerprint density at radius 1 is 0.895 bits per heavy atom. The van der Waals surface area contributed by atoms with E-state index in [1.807, 2.05) is 12.1 Å². The van der Waals surface area contributed by atoms with Crippen molar-refractivity contribution in [3.05, 3.63) is 113 Å². The lowest BCUT2D eigenvalue weighted by Gasteiger charge is -2.01. The number of nitrogens with two attached hydrogens (primary N) is 1. The Morgan fingerprint density at radius 3 is 2.03 bits per heavy atom. The summed E-state index contributed by atoms with van der Waals surface area (Å²) in [6.07, 6.45) is 8.76. The summed E-state index contributed by atoms with van der Waals surface area (Å²) in [6.45, 7) is 0.923. The number of carbonyl (C=O) groups excluding carboxylic acids is 2. The number of fused-ring (bicyclic) bond motifs is 1. The van der Waals surface area contributed by atoms with Gasteiger partial charge in [-0.25, -0.2) is 14.2 Å². The standard InChI is InChI=1S/C27H25N5O5.BrH/c28-27-29-23-22(24(33)30-27)31(15-7-9-17-36-25(34)20-11-3-1-4-12-20)19-32(23)16-8-10-18-37-26(35)21-13-5-2-6-14-21;/h1-14,19H,15-18H2,(H2-,28,29,30,33);1H/b9-7-,10-8-;. The van der Waals surface area contributed by atoms with Crippen LogP contribution in [0.3, 0.4) is 0 Å². The molecular weight excluding hydrogens is 554 g/mol. The molecule has 0 bridgehead atoms. The van der Waals surface area contributed by atoms with Crippen molar-refractivity contribution in [3.63, 3.8) is 0 Å². The number of nitrogens with one attached hydrogen (secondary N) is 1. The number of esters is 2. The van der Waals surface area contributed by atoms with Crippen molar-refractivity contribution in [2.24, 2.45) is 0 Å². The number of nitrogens with zero attached hydrogens (tertiary/aromatic N) is 3. The normalized spacial score (nSPS) is 11.1. The van der Waals surface area contributed by atoms with Gasteiger partial charge in [-0.2, -0.15) is 0 Å². The molecule has 0 unspecified atom stereocenters. The zero-order valence-electron chi connectivity index (χ0n) is 20.3. The summed E-state index contributed by atoms with van der Waals surface area (Å²) in [5.41, 5.74) is 7.11. The zero-order valence-corrected chi connectivity index (χ0v) is 21.9. The van der Waals surface area contributed by atoms with Crippen LogP contribution >= 0.6 is 0 Å². The van der Waals surface area contributed by atoms with Gasteiger partial charge in [0.2, 0.25) is 5.52 Å². The van der Waals surface area contributed by atoms with Crippen molar-refractivity contribution < 1.29 is 40.6 Å². The minimum absolute atomic E-state index is 0. The molecule has 0 aliphatic heterocycles. The molecule has 0 fully saturated rings. The number of H-pyrrole nitrogens is 1. The van der Waals surface area contributed by atoms with E-state index in [0.717, 1.165) is 0 Å². The van der Waals surface area contributed by atoms with Crippen molar-refractivity contribution >= 4 is 29.1 Å². The van der Waals surface area contributed by atoms with Gasteiger partial charge in [0.05, 0.1) is 24.2 Å². The van der Waals surface area contributed by atoms with Gasteiger partial charge in [-0.1, -0.05) is 53.5 Å². The van der Waals surface area contributed by atoms with E-state index >= 15 is 0 Å². The fraction of sp³-hybridized carbons (Fsp3) is 0.148. The number of nitrogen functional groups attached to an aromatic ring is 1. The molecule has 0 atom stereocenters. The molecule has 196 valence electrons. The van der Waals surface area contributed by atoms with Gasteiger partial charge in [0.1, 0.15) is 13.2 Å². The highest BCUT2D eigenvalue weighted by molar-refractivity contribution is 5.89. The van der Waals surface area contributed by atoms with Gasteiger partial charge in [0.15, 0.2) is 6.33 Å². The lowest BCUT2D eigenvalue weighted by molar-refractivity contribution is -0.663. The highest BCUT2D eigenvalue weighted by atomic mass is 79.9. The average Bonchev–Trinajstić information content (AvgIpc) is 3.26. The molecule has 4 rings (SSSR count). The minimum Gasteiger partial charge on any atom is -1.00 e. The predicted octanol–water partition coefficient (Wildman–Crippen LogP) is -0.575. The number of allylic oxidation sites excluding steroid dienone is 2. The third-order valence-electron chi connectivity index (χ3n) is 5.31. The van der Waals surface area contributed by atoms with Gasteiger partial charge in [0, 0.05) is 0 Å². The summed E-state index contributed by atoms with van der Waals surface area (Å²) in [5, 5.41) is 0. The first-order chi connectivity index (χ1) is 18.0. The molecule has 0 radical (unpaired) electrons. The van der Waals surface area contributed by atoms with Crippen LogP contribution in [-0.4, -0.2) is 39.7 Å². The molecule has 0 amide bonds. The van der Waals surface area contributed by atoms with E-state index in [4.69, 9.17) is 15.2 Å². The SMILES string of the molecule is Nc1nc2c(c(=O)[nH]1)n(C/C=C\COC(=O)c1ccccc1)c[n+]2C/C=C\COC(=O)c1ccccc1.[Br-]. The number of benzene rings is 2. The number of aromatic nitrogens is 4. The van der Waals surface area contributed by atoms with Crippen LogP contribution in [-0.2, 0) is 22.6 Å². The molecule has 10 nitrogen and oxygen atoms in total. The molecule has 11 heteroatoms. The maximum absolute atomic E-state index is 12.6. The summed E-state index contributed by atoms with van der Waals surface area (Å²) in [5.74, 6) is -0.809. The summed E-state index contributed by atoms with van der Waals surface area (Å²) in [4.78, 5) is 43.4. The Hall–Kier alpha value is -4.51. The molecule has 0 saturated carbocycles. The zero-order chi connectivity index (χ0) is 26.0. The van der Waals surface area contributed by atoms with Crippen LogP contribution in [0, 0.1) is 0 Å². The van der Waals surface area contributed by atoms with E-state index in [1.54, 1.807) is 88.3 Å². The number of imidazole rings is 1. The summed E-state index contributed by atoms with van der Waals surface area (Å²) >= 11 is 0. The highest BCUT2D eigenvalue weighted by Gasteiger charge is 2.20. The Kier molecular flexibility index (Phi) is 10.1. The van der Waals surface area contributed by atoms with Crippen LogP contribution in [0.25, 0.3) is 11.2 Å². The van der Waals surface area contributed by atoms with Gasteiger partial charge in [-0.05, 0) is 36.4 Å². The first-order valence-electron chi connectivity index (χ1n) is 11.6. The van der Waals surface area contributed by atoms with Crippen molar-refractivity contribution in [3.8, 4) is 0 Å². The van der Waals surface area contributed by atoms with E-state index in [1.165, 1.54) is 0 Å². The number of hydrogen-bond donors (Lipinski definition) is 2. The number of aromatic amines is 1. The van der Waals surface area contributed by atoms with Crippen molar-refractivity contribution in [1.82, 2.24) is 14.5 Å². The largest absolute Gasteiger partial charge is 1.00 e. The summed E-state index contributed by atoms with van der Waals surface area (Å²) in [6, 6.07) is 17.5. The van der Waals surface area contributed by atoms with Crippen molar-refractivity contribution in [2.75, 3.05) is 18.9 Å². The summed E-state index contributed by atoms with van der Waals surface area (Å²) < 4.78 is 14.0. The molecule has 0 saturated heterocycles. The van der Waals surface area contributed by atoms with Gasteiger partial charge in [-0.3, -0.25) is 14.3 Å². The molecule has 2 aromatic carbocycles. The third-order valence-corrected chi connectivity index (χ3v) is 5.31. The quantitative estimate of drug-likeness (QED) is 0.146. The third kappa shape index (κ3) is 7.26. The van der Waals surface area contributed by atoms with E-state index in [2.05, 4.69) is 9.97 Å². The van der Waals surface area contributed by atoms with Crippen LogP contribution in [0.15, 0.2) is 96.1 Å². The molecule has 0 aliphatic rings. The number of ether oxygens (including phenoxy) is 2. The van der Waals surface area contributed by atoms with Gasteiger partial charge < -0.3 is 32.2 Å². The number of hydrogen-bond acceptors (Lipinski definition) is 7. The van der Waals surface area contributed by atoms with Gasteiger partial charge in [0.25, 0.3) is 11.5 Å². The highest BCUT2D eigenvalue weighted by Crippen LogP contribution is 2.06. The van der Waals surface area contributed by atoms with E-state index in [0.29, 0.717) is 35.4 Å². The van der Waals surface area contributed by atoms with Crippen LogP contribution in [0.5, 0.6) is 0 Å². The Morgan fingerprint density at radius 2 is 1.45 bits per heavy atom. The van der Waals surface area contributed by atoms with Crippen LogP contribution < -0.4 is 32.8 Å². The number of anilines is 1. The number of rotatable bonds is 10. The smallest absolute Gasteiger partial charge is 0.338 e. The predicted molar refractivity (Wildman–Crippen MR) is 137 cm³/mol. The van der Waals surface area contributed by atoms with Gasteiger partial charge >= 0.3 is 17.6 Å². The minimum atomic E-state index is -0.410. The average molecular weight is 580 g/mol. The maximum atomic E-state index is 12.6. The second-order valence-electron chi connectivity index (χ2n) is 7.92. The fourth-order valence-electron chi connectivity index (χ4n) is 3.56. The first-order valence-corrected chi connectivity index (χ1v) is 11.6. The Labute approximate surface area is 228 Å². The Balaban J connectivity index is 0.00000400. The molecule has 2 aromatic heterocycles. The first kappa shape index (κ1) is 28.1.